The molecule has 0 aliphatic rings. The quantitative estimate of drug-likeness (QED) is 0.899. The molecule has 0 bridgehead atoms. The second-order valence-electron chi connectivity index (χ2n) is 3.53. The normalized spacial score (nSPS) is 9.78. The molecule has 0 spiro atoms. The maximum absolute atomic E-state index is 11.1. The van der Waals surface area contributed by atoms with Gasteiger partial charge in [-0.15, -0.1) is 0 Å². The number of hydrogen-bond donors (Lipinski definition) is 1. The molecule has 0 aliphatic heterocycles. The van der Waals surface area contributed by atoms with Gasteiger partial charge in [-0.3, -0.25) is 4.98 Å². The number of hydrogen-bond acceptors (Lipinski definition) is 3. The van der Waals surface area contributed by atoms with Gasteiger partial charge < -0.3 is 5.11 Å². The molecule has 0 atom stereocenters. The first-order valence-electron chi connectivity index (χ1n) is 5.01. The van der Waals surface area contributed by atoms with Crippen molar-refractivity contribution in [1.29, 1.82) is 5.26 Å². The molecule has 5 heteroatoms. The summed E-state index contributed by atoms with van der Waals surface area (Å²) in [5, 5.41) is 18.3. The molecule has 0 saturated carbocycles. The monoisotopic (exact) mass is 258 g/mol. The standard InChI is InChI=1S/C13H7ClN2O2/c14-12-2-1-8(5-9(12)6-15)11-7-16-4-3-10(11)13(17)18/h1-5,7H,(H,17,18). The van der Waals surface area contributed by atoms with E-state index in [0.29, 0.717) is 21.7 Å². The van der Waals surface area contributed by atoms with Crippen molar-refractivity contribution in [3.8, 4) is 17.2 Å². The highest BCUT2D eigenvalue weighted by atomic mass is 35.5. The Labute approximate surface area is 108 Å². The summed E-state index contributed by atoms with van der Waals surface area (Å²) in [6.07, 6.45) is 2.86. The van der Waals surface area contributed by atoms with Crippen molar-refractivity contribution in [3.05, 3.63) is 52.8 Å². The second kappa shape index (κ2) is 4.86. The molecule has 0 amide bonds. The van der Waals surface area contributed by atoms with Gasteiger partial charge in [-0.05, 0) is 23.8 Å². The molecule has 0 fully saturated rings. The van der Waals surface area contributed by atoms with E-state index in [-0.39, 0.29) is 5.56 Å². The molecule has 1 aromatic heterocycles. The highest BCUT2D eigenvalue weighted by Gasteiger charge is 2.12. The van der Waals surface area contributed by atoms with E-state index in [1.165, 1.54) is 18.5 Å². The van der Waals surface area contributed by atoms with Crippen molar-refractivity contribution in [2.75, 3.05) is 0 Å². The number of carbonyl (C=O) groups is 1. The van der Waals surface area contributed by atoms with Gasteiger partial charge in [0.25, 0.3) is 0 Å². The molecular weight excluding hydrogens is 252 g/mol. The van der Waals surface area contributed by atoms with E-state index in [2.05, 4.69) is 4.98 Å². The molecule has 0 saturated heterocycles. The highest BCUT2D eigenvalue weighted by molar-refractivity contribution is 6.31. The lowest BCUT2D eigenvalue weighted by molar-refractivity contribution is 0.0697. The SMILES string of the molecule is N#Cc1cc(-c2cnccc2C(=O)O)ccc1Cl. The number of nitrogens with zero attached hydrogens (tertiary/aromatic N) is 2. The third-order valence-corrected chi connectivity index (χ3v) is 2.78. The first-order valence-corrected chi connectivity index (χ1v) is 5.38. The topological polar surface area (TPSA) is 74.0 Å². The summed E-state index contributed by atoms with van der Waals surface area (Å²) in [4.78, 5) is 15.0. The van der Waals surface area contributed by atoms with E-state index in [1.807, 2.05) is 6.07 Å². The van der Waals surface area contributed by atoms with Gasteiger partial charge in [0, 0.05) is 18.0 Å². The van der Waals surface area contributed by atoms with Crippen LogP contribution in [-0.2, 0) is 0 Å². The van der Waals surface area contributed by atoms with Crippen LogP contribution in [0.15, 0.2) is 36.7 Å². The zero-order valence-electron chi connectivity index (χ0n) is 9.09. The van der Waals surface area contributed by atoms with E-state index in [1.54, 1.807) is 18.2 Å². The molecule has 2 rings (SSSR count). The van der Waals surface area contributed by atoms with Gasteiger partial charge in [-0.25, -0.2) is 4.79 Å². The molecule has 0 radical (unpaired) electrons. The third kappa shape index (κ3) is 2.17. The number of benzene rings is 1. The van der Waals surface area contributed by atoms with Crippen molar-refractivity contribution in [2.45, 2.75) is 0 Å². The zero-order valence-corrected chi connectivity index (χ0v) is 9.85. The fourth-order valence-corrected chi connectivity index (χ4v) is 1.75. The fourth-order valence-electron chi connectivity index (χ4n) is 1.59. The predicted octanol–water partition coefficient (Wildman–Crippen LogP) is 2.97. The van der Waals surface area contributed by atoms with Crippen LogP contribution in [-0.4, -0.2) is 16.1 Å². The van der Waals surface area contributed by atoms with Crippen LogP contribution >= 0.6 is 11.6 Å². The highest BCUT2D eigenvalue weighted by Crippen LogP contribution is 2.26. The maximum Gasteiger partial charge on any atom is 0.336 e. The van der Waals surface area contributed by atoms with E-state index in [4.69, 9.17) is 22.0 Å². The van der Waals surface area contributed by atoms with Gasteiger partial charge >= 0.3 is 5.97 Å². The molecule has 1 heterocycles. The molecule has 1 N–H and O–H groups in total. The lowest BCUT2D eigenvalue weighted by Crippen LogP contribution is -2.00. The third-order valence-electron chi connectivity index (χ3n) is 2.45. The van der Waals surface area contributed by atoms with Crippen LogP contribution in [0, 0.1) is 11.3 Å². The number of halogens is 1. The van der Waals surface area contributed by atoms with E-state index >= 15 is 0 Å². The Kier molecular flexibility index (Phi) is 3.26. The smallest absolute Gasteiger partial charge is 0.336 e. The number of aromatic carboxylic acids is 1. The fraction of sp³-hybridized carbons (Fsp3) is 0. The molecule has 88 valence electrons. The Hall–Kier alpha value is -2.38. The molecule has 18 heavy (non-hydrogen) atoms. The van der Waals surface area contributed by atoms with Gasteiger partial charge in [0.2, 0.25) is 0 Å². The largest absolute Gasteiger partial charge is 0.478 e. The minimum absolute atomic E-state index is 0.135. The van der Waals surface area contributed by atoms with Crippen molar-refractivity contribution < 1.29 is 9.90 Å². The number of nitriles is 1. The summed E-state index contributed by atoms with van der Waals surface area (Å²) < 4.78 is 0. The van der Waals surface area contributed by atoms with Crippen LogP contribution in [0.1, 0.15) is 15.9 Å². The average Bonchev–Trinajstić information content (AvgIpc) is 2.39. The summed E-state index contributed by atoms with van der Waals surface area (Å²) in [6, 6.07) is 8.14. The average molecular weight is 259 g/mol. The predicted molar refractivity (Wildman–Crippen MR) is 66.4 cm³/mol. The van der Waals surface area contributed by atoms with Crippen LogP contribution in [0.3, 0.4) is 0 Å². The Bertz CT molecular complexity index is 662. The Morgan fingerprint density at radius 3 is 2.83 bits per heavy atom. The van der Waals surface area contributed by atoms with E-state index in [0.717, 1.165) is 0 Å². The molecular formula is C13H7ClN2O2. The molecule has 4 nitrogen and oxygen atoms in total. The van der Waals surface area contributed by atoms with Crippen molar-refractivity contribution in [1.82, 2.24) is 4.98 Å². The molecule has 2 aromatic rings. The number of carboxylic acid groups (broad SMARTS) is 1. The van der Waals surface area contributed by atoms with E-state index < -0.39 is 5.97 Å². The molecule has 1 aromatic carbocycles. The first-order chi connectivity index (χ1) is 8.63. The lowest BCUT2D eigenvalue weighted by atomic mass is 10.0. The Morgan fingerprint density at radius 1 is 1.39 bits per heavy atom. The number of carboxylic acids is 1. The van der Waals surface area contributed by atoms with Crippen molar-refractivity contribution in [3.63, 3.8) is 0 Å². The van der Waals surface area contributed by atoms with Crippen molar-refractivity contribution >= 4 is 17.6 Å². The van der Waals surface area contributed by atoms with Gasteiger partial charge in [-0.1, -0.05) is 17.7 Å². The van der Waals surface area contributed by atoms with E-state index in [9.17, 15) is 4.79 Å². The first kappa shape index (κ1) is 12.1. The van der Waals surface area contributed by atoms with Gasteiger partial charge in [0.1, 0.15) is 6.07 Å². The number of pyridine rings is 1. The zero-order chi connectivity index (χ0) is 13.1. The van der Waals surface area contributed by atoms with Gasteiger partial charge in [0.05, 0.1) is 16.1 Å². The van der Waals surface area contributed by atoms with Gasteiger partial charge in [-0.2, -0.15) is 5.26 Å². The lowest BCUT2D eigenvalue weighted by Gasteiger charge is -2.06. The second-order valence-corrected chi connectivity index (χ2v) is 3.94. The summed E-state index contributed by atoms with van der Waals surface area (Å²) in [7, 11) is 0. The van der Waals surface area contributed by atoms with Crippen LogP contribution in [0.4, 0.5) is 0 Å². The van der Waals surface area contributed by atoms with Crippen LogP contribution in [0.25, 0.3) is 11.1 Å². The number of rotatable bonds is 2. The summed E-state index contributed by atoms with van der Waals surface area (Å²) in [5.74, 6) is -1.04. The van der Waals surface area contributed by atoms with Crippen molar-refractivity contribution in [2.24, 2.45) is 0 Å². The summed E-state index contributed by atoms with van der Waals surface area (Å²) >= 11 is 5.83. The van der Waals surface area contributed by atoms with Crippen LogP contribution in [0.2, 0.25) is 5.02 Å². The Balaban J connectivity index is 2.63. The maximum atomic E-state index is 11.1. The minimum Gasteiger partial charge on any atom is -0.478 e. The Morgan fingerprint density at radius 2 is 2.17 bits per heavy atom. The summed E-state index contributed by atoms with van der Waals surface area (Å²) in [5.41, 5.74) is 1.49. The molecule has 0 unspecified atom stereocenters. The van der Waals surface area contributed by atoms with Gasteiger partial charge in [0.15, 0.2) is 0 Å². The van der Waals surface area contributed by atoms with Crippen LogP contribution < -0.4 is 0 Å². The minimum atomic E-state index is -1.04. The van der Waals surface area contributed by atoms with Crippen LogP contribution in [0.5, 0.6) is 0 Å². The summed E-state index contributed by atoms with van der Waals surface area (Å²) in [6.45, 7) is 0. The number of aromatic nitrogens is 1. The molecule has 0 aliphatic carbocycles.